The summed E-state index contributed by atoms with van der Waals surface area (Å²) >= 11 is 0. The molecule has 0 aromatic rings. The van der Waals surface area contributed by atoms with E-state index >= 15 is 0 Å². The van der Waals surface area contributed by atoms with Gasteiger partial charge in [0, 0.05) is 6.92 Å². The first-order valence-electron chi connectivity index (χ1n) is 4.15. The van der Waals surface area contributed by atoms with Gasteiger partial charge in [0.1, 0.15) is 0 Å². The first-order chi connectivity index (χ1) is 7.42. The van der Waals surface area contributed by atoms with Crippen LogP contribution in [0.1, 0.15) is 6.92 Å². The molecule has 6 heteroatoms. The molecular weight excluding hydrogens is 212 g/mol. The van der Waals surface area contributed by atoms with Crippen molar-refractivity contribution in [2.75, 3.05) is 0 Å². The lowest BCUT2D eigenvalue weighted by molar-refractivity contribution is -0.131. The third-order valence-electron chi connectivity index (χ3n) is 1.38. The van der Waals surface area contributed by atoms with Gasteiger partial charge in [0.2, 0.25) is 6.29 Å². The predicted molar refractivity (Wildman–Crippen MR) is 59.0 cm³/mol. The molecule has 6 nitrogen and oxygen atoms in total. The van der Waals surface area contributed by atoms with Gasteiger partial charge in [-0.1, -0.05) is 13.2 Å². The van der Waals surface area contributed by atoms with Crippen molar-refractivity contribution in [2.45, 2.75) is 13.2 Å². The van der Waals surface area contributed by atoms with Crippen molar-refractivity contribution >= 4 is 25.2 Å². The number of aliphatic imine (C=N–C) groups is 2. The van der Waals surface area contributed by atoms with E-state index in [0.29, 0.717) is 0 Å². The predicted octanol–water partition coefficient (Wildman–Crippen LogP) is 0.847. The molecule has 0 bridgehead atoms. The van der Waals surface area contributed by atoms with Crippen LogP contribution < -0.4 is 0 Å². The number of ether oxygens (including phenoxy) is 2. The summed E-state index contributed by atoms with van der Waals surface area (Å²) < 4.78 is 9.79. The molecule has 2 amide bonds. The fourth-order valence-electron chi connectivity index (χ4n) is 0.702. The van der Waals surface area contributed by atoms with E-state index in [4.69, 9.17) is 9.47 Å². The first-order valence-corrected chi connectivity index (χ1v) is 4.15. The number of hydrogen-bond acceptors (Lipinski definition) is 4. The smallest absolute Gasteiger partial charge is 0.310 e. The molecule has 16 heavy (non-hydrogen) atoms. The van der Waals surface area contributed by atoms with Crippen LogP contribution in [-0.4, -0.2) is 31.5 Å². The summed E-state index contributed by atoms with van der Waals surface area (Å²) in [4.78, 5) is 28.0. The van der Waals surface area contributed by atoms with Crippen LogP contribution in [-0.2, 0) is 19.1 Å². The normalized spacial score (nSPS) is 9.12. The third kappa shape index (κ3) is 4.32. The molecule has 0 saturated carbocycles. The minimum Gasteiger partial charge on any atom is -0.450 e. The second-order valence-corrected chi connectivity index (χ2v) is 2.58. The summed E-state index contributed by atoms with van der Waals surface area (Å²) in [6.45, 7) is 14.1. The highest BCUT2D eigenvalue weighted by molar-refractivity contribution is 5.94. The summed E-state index contributed by atoms with van der Waals surface area (Å²) in [6.07, 6.45) is -0.920. The van der Waals surface area contributed by atoms with Gasteiger partial charge in [-0.15, -0.1) is 0 Å². The minimum absolute atomic E-state index is 0.241. The Morgan fingerprint density at radius 3 is 1.56 bits per heavy atom. The van der Waals surface area contributed by atoms with Gasteiger partial charge >= 0.3 is 11.8 Å². The topological polar surface area (TPSA) is 77.3 Å². The van der Waals surface area contributed by atoms with Crippen molar-refractivity contribution in [3.05, 3.63) is 24.7 Å². The fourth-order valence-corrected chi connectivity index (χ4v) is 0.702. The van der Waals surface area contributed by atoms with Gasteiger partial charge in [-0.2, -0.15) is 0 Å². The molecule has 0 aliphatic heterocycles. The average molecular weight is 224 g/mol. The lowest BCUT2D eigenvalue weighted by atomic mass is 10.5. The Kier molecular flexibility index (Phi) is 5.40. The zero-order valence-electron chi connectivity index (χ0n) is 8.93. The molecule has 0 N–H and O–H groups in total. The van der Waals surface area contributed by atoms with Crippen molar-refractivity contribution in [1.29, 1.82) is 0 Å². The Morgan fingerprint density at radius 2 is 1.31 bits per heavy atom. The second-order valence-electron chi connectivity index (χ2n) is 2.58. The molecule has 86 valence electrons. The zero-order valence-corrected chi connectivity index (χ0v) is 8.93. The molecule has 0 atom stereocenters. The third-order valence-corrected chi connectivity index (χ3v) is 1.38. The molecule has 0 aromatic heterocycles. The van der Waals surface area contributed by atoms with Crippen LogP contribution in [0.25, 0.3) is 0 Å². The average Bonchev–Trinajstić information content (AvgIpc) is 2.26. The summed E-state index contributed by atoms with van der Waals surface area (Å²) in [5, 5.41) is 0. The molecule has 0 heterocycles. The van der Waals surface area contributed by atoms with E-state index in [1.807, 2.05) is 0 Å². The van der Waals surface area contributed by atoms with Crippen LogP contribution in [0.5, 0.6) is 0 Å². The maximum atomic E-state index is 10.9. The maximum absolute atomic E-state index is 10.9. The Bertz CT molecular complexity index is 326. The van der Waals surface area contributed by atoms with E-state index in [9.17, 15) is 9.59 Å². The molecule has 0 aliphatic carbocycles. The van der Waals surface area contributed by atoms with E-state index in [1.54, 1.807) is 0 Å². The molecular formula is C10H12N2O4. The van der Waals surface area contributed by atoms with Crippen molar-refractivity contribution in [2.24, 2.45) is 9.98 Å². The molecule has 0 aliphatic rings. The molecule has 0 radical (unpaired) electrons. The van der Waals surface area contributed by atoms with Crippen molar-refractivity contribution in [3.8, 4) is 0 Å². The van der Waals surface area contributed by atoms with E-state index in [-0.39, 0.29) is 11.5 Å². The van der Waals surface area contributed by atoms with E-state index in [0.717, 1.165) is 0 Å². The fraction of sp³-hybridized carbons (Fsp3) is 0.200. The monoisotopic (exact) mass is 224 g/mol. The quantitative estimate of drug-likeness (QED) is 0.290. The minimum atomic E-state index is -0.920. The Hall–Kier alpha value is -2.24. The number of amides is 2. The Morgan fingerprint density at radius 1 is 1.00 bits per heavy atom. The molecule has 0 aromatic carbocycles. The van der Waals surface area contributed by atoms with E-state index < -0.39 is 18.1 Å². The molecule has 0 unspecified atom stereocenters. The number of carbonyl (C=O) groups excluding carboxylic acids is 2. The van der Waals surface area contributed by atoms with Crippen LogP contribution in [0.15, 0.2) is 34.7 Å². The summed E-state index contributed by atoms with van der Waals surface area (Å²) in [6, 6.07) is 0. The van der Waals surface area contributed by atoms with Gasteiger partial charge in [0.05, 0.1) is 0 Å². The SMILES string of the molecule is C=NC(=O)C(=C)OC(C)OC(=C)C(=O)N=C. The van der Waals surface area contributed by atoms with Gasteiger partial charge in [0.25, 0.3) is 0 Å². The number of rotatable bonds is 6. The molecule has 0 spiro atoms. The number of nitrogens with zero attached hydrogens (tertiary/aromatic N) is 2. The lowest BCUT2D eigenvalue weighted by Gasteiger charge is -2.16. The number of hydrogen-bond donors (Lipinski definition) is 0. The van der Waals surface area contributed by atoms with Crippen LogP contribution in [0.3, 0.4) is 0 Å². The van der Waals surface area contributed by atoms with Crippen molar-refractivity contribution < 1.29 is 19.1 Å². The van der Waals surface area contributed by atoms with E-state index in [1.165, 1.54) is 6.92 Å². The Balaban J connectivity index is 4.23. The van der Waals surface area contributed by atoms with Gasteiger partial charge in [-0.25, -0.2) is 9.98 Å². The second kappa shape index (κ2) is 6.28. The number of carbonyl (C=O) groups is 2. The van der Waals surface area contributed by atoms with E-state index in [2.05, 4.69) is 36.6 Å². The Labute approximate surface area is 93.0 Å². The van der Waals surface area contributed by atoms with Crippen molar-refractivity contribution in [3.63, 3.8) is 0 Å². The van der Waals surface area contributed by atoms with Gasteiger partial charge < -0.3 is 9.47 Å². The van der Waals surface area contributed by atoms with Gasteiger partial charge in [-0.3, -0.25) is 9.59 Å². The standard InChI is InChI=1S/C10H12N2O4/c1-6(9(13)11-4)15-8(3)16-7(2)10(14)12-5/h8H,1-2,4-5H2,3H3. The molecule has 0 fully saturated rings. The highest BCUT2D eigenvalue weighted by Crippen LogP contribution is 2.08. The van der Waals surface area contributed by atoms with Gasteiger partial charge in [-0.05, 0) is 13.4 Å². The van der Waals surface area contributed by atoms with Crippen LogP contribution in [0.4, 0.5) is 0 Å². The molecule has 0 saturated heterocycles. The van der Waals surface area contributed by atoms with Crippen LogP contribution in [0, 0.1) is 0 Å². The molecule has 0 rings (SSSR count). The zero-order chi connectivity index (χ0) is 12.7. The summed E-state index contributed by atoms with van der Waals surface area (Å²) in [5.41, 5.74) is 0. The summed E-state index contributed by atoms with van der Waals surface area (Å²) in [7, 11) is 0. The van der Waals surface area contributed by atoms with Crippen LogP contribution >= 0.6 is 0 Å². The largest absolute Gasteiger partial charge is 0.450 e. The maximum Gasteiger partial charge on any atom is 0.310 e. The van der Waals surface area contributed by atoms with Crippen molar-refractivity contribution in [1.82, 2.24) is 0 Å². The lowest BCUT2D eigenvalue weighted by Crippen LogP contribution is -2.17. The van der Waals surface area contributed by atoms with Crippen LogP contribution in [0.2, 0.25) is 0 Å². The summed E-state index contributed by atoms with van der Waals surface area (Å²) in [5.74, 6) is -1.91. The first kappa shape index (κ1) is 13.8. The highest BCUT2D eigenvalue weighted by Gasteiger charge is 2.14. The van der Waals surface area contributed by atoms with Gasteiger partial charge in [0.15, 0.2) is 11.5 Å². The highest BCUT2D eigenvalue weighted by atomic mass is 16.7.